The van der Waals surface area contributed by atoms with Crippen LogP contribution in [0.4, 0.5) is 16.4 Å². The number of amides is 2. The van der Waals surface area contributed by atoms with E-state index in [4.69, 9.17) is 14.7 Å². The molecule has 11 nitrogen and oxygen atoms in total. The fourth-order valence-electron chi connectivity index (χ4n) is 5.30. The molecule has 0 saturated heterocycles. The molecule has 0 saturated carbocycles. The van der Waals surface area contributed by atoms with Crippen LogP contribution < -0.4 is 9.80 Å². The molecule has 3 aromatic heterocycles. The fourth-order valence-corrected chi connectivity index (χ4v) is 5.30. The van der Waals surface area contributed by atoms with E-state index in [1.165, 1.54) is 4.90 Å². The van der Waals surface area contributed by atoms with Crippen molar-refractivity contribution in [3.05, 3.63) is 46.9 Å². The first kappa shape index (κ1) is 28.5. The summed E-state index contributed by atoms with van der Waals surface area (Å²) in [5.74, 6) is 2.78. The first-order valence-electron chi connectivity index (χ1n) is 14.3. The van der Waals surface area contributed by atoms with E-state index in [1.807, 2.05) is 57.0 Å². The minimum atomic E-state index is -0.620. The van der Waals surface area contributed by atoms with E-state index in [-0.39, 0.29) is 18.5 Å². The summed E-state index contributed by atoms with van der Waals surface area (Å²) in [6, 6.07) is 8.02. The average molecular weight is 561 g/mol. The standard InChI is InChI=1S/C30H40N8O3/c1-9-19-13-14-25-33-34-27(38(19)25)22-11-10-12-24(31-22)37-16-21-20(28(37)39)15-26(36(8)18(2)3)32-23(21)17-35(7)29(40)41-30(4,5)6/h10-12,15,18-19H,9,13-14,16-17H2,1-8H3/t19-/m0/s1. The lowest BCUT2D eigenvalue weighted by Gasteiger charge is -2.26. The van der Waals surface area contributed by atoms with Crippen LogP contribution in [0.5, 0.6) is 0 Å². The second-order valence-corrected chi connectivity index (χ2v) is 12.2. The Hall–Kier alpha value is -4.02. The van der Waals surface area contributed by atoms with Crippen LogP contribution in [0.2, 0.25) is 0 Å². The summed E-state index contributed by atoms with van der Waals surface area (Å²) < 4.78 is 7.75. The predicted octanol–water partition coefficient (Wildman–Crippen LogP) is 5.00. The molecule has 0 aliphatic carbocycles. The maximum Gasteiger partial charge on any atom is 0.410 e. The second-order valence-electron chi connectivity index (χ2n) is 12.2. The predicted molar refractivity (Wildman–Crippen MR) is 157 cm³/mol. The average Bonchev–Trinajstić information content (AvgIpc) is 3.61. The van der Waals surface area contributed by atoms with Gasteiger partial charge in [0, 0.05) is 38.2 Å². The van der Waals surface area contributed by atoms with Gasteiger partial charge in [-0.3, -0.25) is 9.69 Å². The van der Waals surface area contributed by atoms with Gasteiger partial charge in [0.1, 0.15) is 28.8 Å². The number of pyridine rings is 2. The Bertz CT molecular complexity index is 1470. The number of carbonyl (C=O) groups is 2. The molecule has 0 unspecified atom stereocenters. The van der Waals surface area contributed by atoms with Gasteiger partial charge in [-0.2, -0.15) is 0 Å². The van der Waals surface area contributed by atoms with Crippen molar-refractivity contribution in [1.29, 1.82) is 0 Å². The molecule has 218 valence electrons. The summed E-state index contributed by atoms with van der Waals surface area (Å²) in [5, 5.41) is 8.85. The number of hydrogen-bond acceptors (Lipinski definition) is 8. The monoisotopic (exact) mass is 560 g/mol. The zero-order chi connectivity index (χ0) is 29.6. The molecule has 0 fully saturated rings. The minimum Gasteiger partial charge on any atom is -0.444 e. The normalized spacial score (nSPS) is 16.3. The zero-order valence-corrected chi connectivity index (χ0v) is 25.3. The quantitative estimate of drug-likeness (QED) is 0.397. The molecule has 2 amide bonds. The molecule has 0 N–H and O–H groups in total. The number of hydrogen-bond donors (Lipinski definition) is 0. The van der Waals surface area contributed by atoms with Crippen molar-refractivity contribution in [3.63, 3.8) is 0 Å². The molecule has 41 heavy (non-hydrogen) atoms. The van der Waals surface area contributed by atoms with Crippen molar-refractivity contribution in [2.75, 3.05) is 23.9 Å². The largest absolute Gasteiger partial charge is 0.444 e. The van der Waals surface area contributed by atoms with Gasteiger partial charge in [-0.25, -0.2) is 14.8 Å². The smallest absolute Gasteiger partial charge is 0.410 e. The van der Waals surface area contributed by atoms with E-state index in [1.54, 1.807) is 11.9 Å². The lowest BCUT2D eigenvalue weighted by atomic mass is 10.1. The molecule has 3 aromatic rings. The summed E-state index contributed by atoms with van der Waals surface area (Å²) in [4.78, 5) is 41.7. The van der Waals surface area contributed by atoms with E-state index >= 15 is 0 Å². The minimum absolute atomic E-state index is 0.149. The SMILES string of the molecule is CC[C@H]1CCc2nnc(-c3cccc(N4Cc5c(cc(N(C)C(C)C)nc5CN(C)C(=O)OC(C)(C)C)C4=O)n3)n21. The summed E-state index contributed by atoms with van der Waals surface area (Å²) in [5.41, 5.74) is 2.08. The summed E-state index contributed by atoms with van der Waals surface area (Å²) in [7, 11) is 3.63. The Morgan fingerprint density at radius 2 is 1.93 bits per heavy atom. The third kappa shape index (κ3) is 5.49. The molecular weight excluding hydrogens is 520 g/mol. The molecule has 5 rings (SSSR count). The number of rotatable bonds is 7. The highest BCUT2D eigenvalue weighted by Gasteiger charge is 2.35. The molecule has 11 heteroatoms. The van der Waals surface area contributed by atoms with Crippen LogP contribution in [-0.2, 0) is 24.2 Å². The van der Waals surface area contributed by atoms with Crippen LogP contribution in [-0.4, -0.2) is 67.4 Å². The van der Waals surface area contributed by atoms with Crippen LogP contribution in [0, 0.1) is 0 Å². The van der Waals surface area contributed by atoms with Gasteiger partial charge in [0.05, 0.1) is 24.3 Å². The van der Waals surface area contributed by atoms with Gasteiger partial charge in [0.2, 0.25) is 0 Å². The molecule has 1 atom stereocenters. The van der Waals surface area contributed by atoms with Gasteiger partial charge in [0.15, 0.2) is 5.82 Å². The Morgan fingerprint density at radius 1 is 1.17 bits per heavy atom. The number of aryl methyl sites for hydroxylation is 1. The van der Waals surface area contributed by atoms with Gasteiger partial charge in [-0.1, -0.05) is 13.0 Å². The molecule has 0 radical (unpaired) electrons. The van der Waals surface area contributed by atoms with Crippen molar-refractivity contribution in [3.8, 4) is 11.5 Å². The Balaban J connectivity index is 1.49. The number of carbonyl (C=O) groups excluding carboxylic acids is 2. The number of anilines is 2. The maximum absolute atomic E-state index is 13.9. The molecule has 0 bridgehead atoms. The van der Waals surface area contributed by atoms with E-state index < -0.39 is 11.7 Å². The number of aromatic nitrogens is 5. The first-order valence-corrected chi connectivity index (χ1v) is 14.3. The maximum atomic E-state index is 13.9. The molecule has 0 aromatic carbocycles. The van der Waals surface area contributed by atoms with Crippen LogP contribution >= 0.6 is 0 Å². The number of fused-ring (bicyclic) bond motifs is 2. The zero-order valence-electron chi connectivity index (χ0n) is 25.3. The fraction of sp³-hybridized carbons (Fsp3) is 0.533. The molecular formula is C30H40N8O3. The summed E-state index contributed by atoms with van der Waals surface area (Å²) in [6.45, 7) is 12.3. The lowest BCUT2D eigenvalue weighted by Crippen LogP contribution is -2.34. The summed E-state index contributed by atoms with van der Waals surface area (Å²) >= 11 is 0. The van der Waals surface area contributed by atoms with Crippen LogP contribution in [0.1, 0.15) is 87.9 Å². The van der Waals surface area contributed by atoms with E-state index in [2.05, 4.69) is 35.5 Å². The van der Waals surface area contributed by atoms with Crippen molar-refractivity contribution in [1.82, 2.24) is 29.6 Å². The van der Waals surface area contributed by atoms with Gasteiger partial charge in [-0.05, 0) is 65.7 Å². The van der Waals surface area contributed by atoms with Gasteiger partial charge in [0.25, 0.3) is 5.91 Å². The molecule has 2 aliphatic rings. The summed E-state index contributed by atoms with van der Waals surface area (Å²) in [6.07, 6.45) is 2.51. The van der Waals surface area contributed by atoms with Crippen LogP contribution in [0.3, 0.4) is 0 Å². The lowest BCUT2D eigenvalue weighted by molar-refractivity contribution is 0.0282. The topological polar surface area (TPSA) is 110 Å². The van der Waals surface area contributed by atoms with Crippen LogP contribution in [0.15, 0.2) is 24.3 Å². The number of nitrogens with zero attached hydrogens (tertiary/aromatic N) is 8. The van der Waals surface area contributed by atoms with Crippen molar-refractivity contribution in [2.45, 2.75) is 91.6 Å². The number of ether oxygens (including phenoxy) is 1. The third-order valence-electron chi connectivity index (χ3n) is 7.76. The van der Waals surface area contributed by atoms with Crippen LogP contribution in [0.25, 0.3) is 11.5 Å². The highest BCUT2D eigenvalue weighted by atomic mass is 16.6. The van der Waals surface area contributed by atoms with Crippen molar-refractivity contribution < 1.29 is 14.3 Å². The third-order valence-corrected chi connectivity index (χ3v) is 7.76. The first-order chi connectivity index (χ1) is 19.4. The molecule has 2 aliphatic heterocycles. The molecule has 5 heterocycles. The van der Waals surface area contributed by atoms with Gasteiger partial charge >= 0.3 is 6.09 Å². The second kappa shape index (κ2) is 10.8. The van der Waals surface area contributed by atoms with E-state index in [0.29, 0.717) is 41.2 Å². The van der Waals surface area contributed by atoms with Gasteiger partial charge in [-0.15, -0.1) is 10.2 Å². The Labute approximate surface area is 241 Å². The van der Waals surface area contributed by atoms with E-state index in [9.17, 15) is 9.59 Å². The van der Waals surface area contributed by atoms with Gasteiger partial charge < -0.3 is 19.1 Å². The highest BCUT2D eigenvalue weighted by molar-refractivity contribution is 6.10. The highest BCUT2D eigenvalue weighted by Crippen LogP contribution is 2.35. The van der Waals surface area contributed by atoms with Crippen molar-refractivity contribution in [2.24, 2.45) is 0 Å². The van der Waals surface area contributed by atoms with Crippen molar-refractivity contribution >= 4 is 23.6 Å². The Kier molecular flexibility index (Phi) is 7.48. The molecule has 0 spiro atoms. The van der Waals surface area contributed by atoms with E-state index in [0.717, 1.165) is 36.5 Å². The Morgan fingerprint density at radius 3 is 2.61 bits per heavy atom.